The van der Waals surface area contributed by atoms with E-state index in [0.717, 1.165) is 0 Å². The molecule has 1 saturated heterocycles. The van der Waals surface area contributed by atoms with Gasteiger partial charge in [0, 0.05) is 12.5 Å². The highest BCUT2D eigenvalue weighted by Gasteiger charge is 2.30. The van der Waals surface area contributed by atoms with Crippen molar-refractivity contribution in [3.63, 3.8) is 0 Å². The summed E-state index contributed by atoms with van der Waals surface area (Å²) in [6.45, 7) is 5.68. The number of carbonyl (C=O) groups excluding carboxylic acids is 2. The highest BCUT2D eigenvalue weighted by atomic mass is 16.6. The molecule has 1 aliphatic rings. The largest absolute Gasteiger partial charge is 0.480 e. The zero-order chi connectivity index (χ0) is 15.3. The second kappa shape index (κ2) is 6.43. The Morgan fingerprint density at radius 2 is 2.20 bits per heavy atom. The number of ether oxygens (including phenoxy) is 1. The minimum atomic E-state index is -1.16. The lowest BCUT2D eigenvalue weighted by atomic mass is 9.97. The van der Waals surface area contributed by atoms with Crippen LogP contribution in [0.5, 0.6) is 0 Å². The zero-order valence-electron chi connectivity index (χ0n) is 11.9. The number of carboxylic acid groups (broad SMARTS) is 1. The molecule has 0 aliphatic carbocycles. The fourth-order valence-electron chi connectivity index (χ4n) is 1.98. The average Bonchev–Trinajstić information content (AvgIpc) is 2.72. The van der Waals surface area contributed by atoms with Crippen molar-refractivity contribution in [1.29, 1.82) is 0 Å². The number of hydrogen-bond acceptors (Lipinski definition) is 5. The number of carboxylic acids is 1. The zero-order valence-corrected chi connectivity index (χ0v) is 11.9. The molecular weight excluding hydrogens is 264 g/mol. The molecule has 7 heteroatoms. The van der Waals surface area contributed by atoms with Gasteiger partial charge in [0.1, 0.15) is 17.6 Å². The summed E-state index contributed by atoms with van der Waals surface area (Å²) in [6.07, 6.45) is -0.0104. The SMILES string of the molecule is CC(C)(C)OC(=O)NC(C[C@@H]1CCNC1=C=O)C(=O)O. The summed E-state index contributed by atoms with van der Waals surface area (Å²) in [7, 11) is 0. The Balaban J connectivity index is 2.64. The molecule has 0 bridgehead atoms. The van der Waals surface area contributed by atoms with Crippen molar-refractivity contribution >= 4 is 18.0 Å². The molecule has 0 saturated carbocycles. The number of carbonyl (C=O) groups is 2. The minimum absolute atomic E-state index is 0.131. The number of hydrogen-bond donors (Lipinski definition) is 3. The average molecular weight is 284 g/mol. The fourth-order valence-corrected chi connectivity index (χ4v) is 1.98. The van der Waals surface area contributed by atoms with Crippen LogP contribution in [0.2, 0.25) is 0 Å². The van der Waals surface area contributed by atoms with Gasteiger partial charge in [-0.15, -0.1) is 0 Å². The van der Waals surface area contributed by atoms with Gasteiger partial charge in [-0.3, -0.25) is 0 Å². The Morgan fingerprint density at radius 1 is 1.55 bits per heavy atom. The van der Waals surface area contributed by atoms with E-state index in [1.54, 1.807) is 26.7 Å². The van der Waals surface area contributed by atoms with Crippen LogP contribution in [0.1, 0.15) is 33.6 Å². The van der Waals surface area contributed by atoms with Crippen LogP contribution in [0.25, 0.3) is 0 Å². The van der Waals surface area contributed by atoms with E-state index in [1.807, 2.05) is 0 Å². The Morgan fingerprint density at radius 3 is 2.70 bits per heavy atom. The van der Waals surface area contributed by atoms with E-state index < -0.39 is 23.7 Å². The third-order valence-corrected chi connectivity index (χ3v) is 2.84. The Hall–Kier alpha value is -2.01. The number of alkyl carbamates (subject to hydrolysis) is 1. The second-order valence-electron chi connectivity index (χ2n) is 5.70. The molecule has 1 amide bonds. The highest BCUT2D eigenvalue weighted by Crippen LogP contribution is 2.22. The van der Waals surface area contributed by atoms with E-state index >= 15 is 0 Å². The summed E-state index contributed by atoms with van der Waals surface area (Å²) in [5, 5.41) is 14.3. The van der Waals surface area contributed by atoms with Crippen LogP contribution in [-0.4, -0.2) is 41.3 Å². The number of rotatable bonds is 4. The summed E-state index contributed by atoms with van der Waals surface area (Å²) in [4.78, 5) is 33.5. The van der Waals surface area contributed by atoms with Crippen LogP contribution in [0.15, 0.2) is 5.70 Å². The molecule has 112 valence electrons. The summed E-state index contributed by atoms with van der Waals surface area (Å²) in [5.74, 6) is 0.376. The van der Waals surface area contributed by atoms with E-state index in [2.05, 4.69) is 10.6 Å². The van der Waals surface area contributed by atoms with Crippen LogP contribution in [0.3, 0.4) is 0 Å². The molecule has 1 fully saturated rings. The molecule has 1 heterocycles. The molecule has 2 atom stereocenters. The molecule has 1 aliphatic heterocycles. The predicted octanol–water partition coefficient (Wildman–Crippen LogP) is 0.679. The van der Waals surface area contributed by atoms with Crippen molar-refractivity contribution < 1.29 is 24.2 Å². The summed E-state index contributed by atoms with van der Waals surface area (Å²) >= 11 is 0. The number of allylic oxidation sites excluding steroid dienone is 1. The Labute approximate surface area is 117 Å². The molecule has 3 N–H and O–H groups in total. The van der Waals surface area contributed by atoms with Gasteiger partial charge in [-0.1, -0.05) is 0 Å². The summed E-state index contributed by atoms with van der Waals surface area (Å²) < 4.78 is 5.02. The monoisotopic (exact) mass is 284 g/mol. The number of aliphatic carboxylic acids is 1. The van der Waals surface area contributed by atoms with E-state index in [0.29, 0.717) is 18.7 Å². The molecular formula is C13H20N2O5. The van der Waals surface area contributed by atoms with Crippen LogP contribution >= 0.6 is 0 Å². The molecule has 0 radical (unpaired) electrons. The molecule has 0 aromatic carbocycles. The smallest absolute Gasteiger partial charge is 0.408 e. The molecule has 7 nitrogen and oxygen atoms in total. The first-order chi connectivity index (χ1) is 9.23. The van der Waals surface area contributed by atoms with E-state index in [9.17, 15) is 14.4 Å². The third-order valence-electron chi connectivity index (χ3n) is 2.84. The van der Waals surface area contributed by atoms with Gasteiger partial charge >= 0.3 is 12.1 Å². The lowest BCUT2D eigenvalue weighted by molar-refractivity contribution is -0.139. The standard InChI is InChI=1S/C13H20N2O5/c1-13(2,3)20-12(19)15-9(11(17)18)6-8-4-5-14-10(8)7-16/h8-9,14H,4-6H2,1-3H3,(H,15,19)(H,17,18)/t8-,9?/m0/s1. The maximum Gasteiger partial charge on any atom is 0.408 e. The summed E-state index contributed by atoms with van der Waals surface area (Å²) in [6, 6.07) is -1.10. The van der Waals surface area contributed by atoms with E-state index in [1.165, 1.54) is 0 Å². The molecule has 0 aromatic heterocycles. The van der Waals surface area contributed by atoms with Crippen molar-refractivity contribution in [2.24, 2.45) is 5.92 Å². The molecule has 0 aromatic rings. The van der Waals surface area contributed by atoms with Gasteiger partial charge in [0.05, 0.1) is 5.70 Å². The van der Waals surface area contributed by atoms with Crippen molar-refractivity contribution in [3.8, 4) is 0 Å². The van der Waals surface area contributed by atoms with Crippen molar-refractivity contribution in [1.82, 2.24) is 10.6 Å². The van der Waals surface area contributed by atoms with Gasteiger partial charge in [0.25, 0.3) is 0 Å². The first-order valence-corrected chi connectivity index (χ1v) is 6.44. The van der Waals surface area contributed by atoms with Gasteiger partial charge in [0.15, 0.2) is 0 Å². The van der Waals surface area contributed by atoms with Gasteiger partial charge in [-0.2, -0.15) is 0 Å². The fraction of sp³-hybridized carbons (Fsp3) is 0.692. The quantitative estimate of drug-likeness (QED) is 0.656. The van der Waals surface area contributed by atoms with Crippen molar-refractivity contribution in [3.05, 3.63) is 5.70 Å². The first kappa shape index (κ1) is 16.0. The van der Waals surface area contributed by atoms with Crippen LogP contribution < -0.4 is 10.6 Å². The number of amides is 1. The highest BCUT2D eigenvalue weighted by molar-refractivity contribution is 5.80. The van der Waals surface area contributed by atoms with Crippen LogP contribution in [0, 0.1) is 5.92 Å². The van der Waals surface area contributed by atoms with Gasteiger partial charge < -0.3 is 20.5 Å². The molecule has 20 heavy (non-hydrogen) atoms. The van der Waals surface area contributed by atoms with E-state index in [4.69, 9.17) is 9.84 Å². The van der Waals surface area contributed by atoms with Crippen LogP contribution in [-0.2, 0) is 14.3 Å². The normalized spacial score (nSPS) is 19.8. The predicted molar refractivity (Wildman–Crippen MR) is 70.7 cm³/mol. The summed E-state index contributed by atoms with van der Waals surface area (Å²) in [5.41, 5.74) is -0.335. The third kappa shape index (κ3) is 4.93. The van der Waals surface area contributed by atoms with Gasteiger partial charge in [0.2, 0.25) is 0 Å². The molecule has 1 unspecified atom stereocenters. The molecule has 0 spiro atoms. The van der Waals surface area contributed by atoms with Gasteiger partial charge in [-0.05, 0) is 33.6 Å². The van der Waals surface area contributed by atoms with Crippen molar-refractivity contribution in [2.45, 2.75) is 45.3 Å². The second-order valence-corrected chi connectivity index (χ2v) is 5.70. The minimum Gasteiger partial charge on any atom is -0.480 e. The maximum absolute atomic E-state index is 11.6. The van der Waals surface area contributed by atoms with Gasteiger partial charge in [-0.25, -0.2) is 14.4 Å². The molecule has 1 rings (SSSR count). The topological polar surface area (TPSA) is 105 Å². The van der Waals surface area contributed by atoms with Crippen LogP contribution in [0.4, 0.5) is 4.79 Å². The lowest BCUT2D eigenvalue weighted by Crippen LogP contribution is -2.44. The number of nitrogens with one attached hydrogen (secondary N) is 2. The van der Waals surface area contributed by atoms with Crippen molar-refractivity contribution in [2.75, 3.05) is 6.54 Å². The Kier molecular flexibility index (Phi) is 5.16. The maximum atomic E-state index is 11.6. The first-order valence-electron chi connectivity index (χ1n) is 6.44. The lowest BCUT2D eigenvalue weighted by Gasteiger charge is -2.23. The Bertz CT molecular complexity index is 435. The van der Waals surface area contributed by atoms with E-state index in [-0.39, 0.29) is 12.3 Å².